The highest BCUT2D eigenvalue weighted by molar-refractivity contribution is 6.30. The molecule has 1 aromatic heterocycles. The fourth-order valence-corrected chi connectivity index (χ4v) is 2.29. The van der Waals surface area contributed by atoms with E-state index in [0.29, 0.717) is 27.5 Å². The predicted molar refractivity (Wildman–Crippen MR) is 77.4 cm³/mol. The normalized spacial score (nSPS) is 10.8. The summed E-state index contributed by atoms with van der Waals surface area (Å²) in [4.78, 5) is 11.2. The second-order valence-corrected chi connectivity index (χ2v) is 4.73. The van der Waals surface area contributed by atoms with Crippen LogP contribution in [-0.2, 0) is 0 Å². The average Bonchev–Trinajstić information content (AvgIpc) is 2.90. The number of hydrogen-bond donors (Lipinski definition) is 1. The molecule has 6 nitrogen and oxygen atoms in total. The first-order valence-electron chi connectivity index (χ1n) is 6.03. The van der Waals surface area contributed by atoms with E-state index < -0.39 is 5.97 Å². The van der Waals surface area contributed by atoms with Crippen molar-refractivity contribution < 1.29 is 14.6 Å². The van der Waals surface area contributed by atoms with E-state index in [2.05, 4.69) is 10.3 Å². The number of aromatic nitrogens is 3. The van der Waals surface area contributed by atoms with E-state index in [4.69, 9.17) is 16.3 Å². The summed E-state index contributed by atoms with van der Waals surface area (Å²) in [6.45, 7) is 0. The summed E-state index contributed by atoms with van der Waals surface area (Å²) >= 11 is 6.01. The maximum Gasteiger partial charge on any atom is 0.338 e. The van der Waals surface area contributed by atoms with E-state index in [1.165, 1.54) is 17.9 Å². The van der Waals surface area contributed by atoms with Crippen molar-refractivity contribution in [3.63, 3.8) is 0 Å². The Bertz CT molecular complexity index is 845. The van der Waals surface area contributed by atoms with Gasteiger partial charge in [0.1, 0.15) is 17.0 Å². The highest BCUT2D eigenvalue weighted by Gasteiger charge is 2.16. The molecule has 3 aromatic rings. The molecule has 0 aliphatic carbocycles. The van der Waals surface area contributed by atoms with Gasteiger partial charge >= 0.3 is 5.97 Å². The van der Waals surface area contributed by atoms with Crippen LogP contribution in [0.3, 0.4) is 0 Å². The van der Waals surface area contributed by atoms with E-state index in [1.807, 2.05) is 0 Å². The molecule has 0 unspecified atom stereocenters. The number of hydrogen-bond acceptors (Lipinski definition) is 4. The number of carbonyl (C=O) groups is 1. The van der Waals surface area contributed by atoms with Crippen molar-refractivity contribution in [3.8, 4) is 11.4 Å². The maximum absolute atomic E-state index is 11.2. The fraction of sp³-hybridized carbons (Fsp3) is 0.0714. The third-order valence-corrected chi connectivity index (χ3v) is 3.31. The lowest BCUT2D eigenvalue weighted by Gasteiger charge is -2.09. The summed E-state index contributed by atoms with van der Waals surface area (Å²) in [5.41, 5.74) is 1.57. The Morgan fingerprint density at radius 3 is 2.86 bits per heavy atom. The van der Waals surface area contributed by atoms with Crippen LogP contribution < -0.4 is 4.74 Å². The molecule has 1 heterocycles. The van der Waals surface area contributed by atoms with Gasteiger partial charge in [-0.25, -0.2) is 9.48 Å². The van der Waals surface area contributed by atoms with E-state index in [-0.39, 0.29) is 5.56 Å². The molecule has 0 saturated heterocycles. The van der Waals surface area contributed by atoms with E-state index in [9.17, 15) is 9.90 Å². The first-order chi connectivity index (χ1) is 10.1. The highest BCUT2D eigenvalue weighted by atomic mass is 35.5. The fourth-order valence-electron chi connectivity index (χ4n) is 2.12. The van der Waals surface area contributed by atoms with Gasteiger partial charge in [0.15, 0.2) is 0 Å². The molecule has 1 N–H and O–H groups in total. The molecule has 3 rings (SSSR count). The maximum atomic E-state index is 11.2. The predicted octanol–water partition coefficient (Wildman–Crippen LogP) is 2.78. The summed E-state index contributed by atoms with van der Waals surface area (Å²) in [6.07, 6.45) is 0. The molecule has 2 aromatic carbocycles. The zero-order valence-electron chi connectivity index (χ0n) is 10.9. The van der Waals surface area contributed by atoms with Crippen LogP contribution in [0.25, 0.3) is 16.7 Å². The summed E-state index contributed by atoms with van der Waals surface area (Å²) in [7, 11) is 1.54. The van der Waals surface area contributed by atoms with Crippen molar-refractivity contribution in [2.45, 2.75) is 0 Å². The van der Waals surface area contributed by atoms with Crippen molar-refractivity contribution in [2.24, 2.45) is 0 Å². The van der Waals surface area contributed by atoms with Gasteiger partial charge in [0.25, 0.3) is 0 Å². The number of ether oxygens (including phenoxy) is 1. The van der Waals surface area contributed by atoms with Crippen LogP contribution in [0.5, 0.6) is 5.75 Å². The van der Waals surface area contributed by atoms with Crippen molar-refractivity contribution >= 4 is 28.6 Å². The molecule has 106 valence electrons. The van der Waals surface area contributed by atoms with Crippen molar-refractivity contribution in [3.05, 3.63) is 47.0 Å². The summed E-state index contributed by atoms with van der Waals surface area (Å²) in [5, 5.41) is 17.7. The summed E-state index contributed by atoms with van der Waals surface area (Å²) < 4.78 is 6.79. The number of methoxy groups -OCH3 is 1. The Morgan fingerprint density at radius 1 is 1.33 bits per heavy atom. The molecule has 0 fully saturated rings. The van der Waals surface area contributed by atoms with Crippen LogP contribution in [0, 0.1) is 0 Å². The molecule has 0 aliphatic heterocycles. The van der Waals surface area contributed by atoms with Crippen LogP contribution in [0.1, 0.15) is 10.4 Å². The topological polar surface area (TPSA) is 77.2 Å². The minimum atomic E-state index is -1.05. The molecule has 0 aliphatic rings. The number of nitrogens with zero attached hydrogens (tertiary/aromatic N) is 3. The minimum absolute atomic E-state index is 0.0970. The largest absolute Gasteiger partial charge is 0.494 e. The Hall–Kier alpha value is -2.60. The smallest absolute Gasteiger partial charge is 0.338 e. The number of benzene rings is 2. The first-order valence-corrected chi connectivity index (χ1v) is 6.41. The minimum Gasteiger partial charge on any atom is -0.494 e. The second kappa shape index (κ2) is 5.06. The lowest BCUT2D eigenvalue weighted by atomic mass is 10.2. The van der Waals surface area contributed by atoms with Gasteiger partial charge in [0.05, 0.1) is 18.2 Å². The first kappa shape index (κ1) is 13.4. The van der Waals surface area contributed by atoms with Crippen LogP contribution in [0.4, 0.5) is 0 Å². The number of carboxylic acid groups (broad SMARTS) is 1. The molecule has 0 saturated carbocycles. The number of rotatable bonds is 3. The molecule has 0 amide bonds. The highest BCUT2D eigenvalue weighted by Crippen LogP contribution is 2.28. The SMILES string of the molecule is COc1ccc(Cl)cc1-n1nnc2c(C(=O)O)cccc21. The average molecular weight is 304 g/mol. The van der Waals surface area contributed by atoms with Gasteiger partial charge in [-0.05, 0) is 30.3 Å². The van der Waals surface area contributed by atoms with Crippen LogP contribution in [-0.4, -0.2) is 33.2 Å². The Balaban J connectivity index is 2.30. The Morgan fingerprint density at radius 2 is 2.14 bits per heavy atom. The zero-order chi connectivity index (χ0) is 15.0. The monoisotopic (exact) mass is 303 g/mol. The molecule has 21 heavy (non-hydrogen) atoms. The van der Waals surface area contributed by atoms with E-state index >= 15 is 0 Å². The molecule has 0 atom stereocenters. The van der Waals surface area contributed by atoms with Crippen LogP contribution >= 0.6 is 11.6 Å². The Labute approximate surface area is 124 Å². The van der Waals surface area contributed by atoms with Crippen molar-refractivity contribution in [2.75, 3.05) is 7.11 Å². The summed E-state index contributed by atoms with van der Waals surface area (Å²) in [5.74, 6) is -0.488. The van der Waals surface area contributed by atoms with Gasteiger partial charge in [-0.1, -0.05) is 22.9 Å². The van der Waals surface area contributed by atoms with Gasteiger partial charge in [0, 0.05) is 5.02 Å². The molecule has 0 radical (unpaired) electrons. The molecular formula is C14H10ClN3O3. The molecule has 0 spiro atoms. The van der Waals surface area contributed by atoms with Gasteiger partial charge < -0.3 is 9.84 Å². The third kappa shape index (κ3) is 2.19. The molecule has 7 heteroatoms. The van der Waals surface area contributed by atoms with E-state index in [1.54, 1.807) is 30.3 Å². The lowest BCUT2D eigenvalue weighted by molar-refractivity contribution is 0.0699. The number of fused-ring (bicyclic) bond motifs is 1. The lowest BCUT2D eigenvalue weighted by Crippen LogP contribution is -2.00. The molecule has 0 bridgehead atoms. The number of halogens is 1. The van der Waals surface area contributed by atoms with Crippen LogP contribution in [0.2, 0.25) is 5.02 Å². The van der Waals surface area contributed by atoms with Crippen molar-refractivity contribution in [1.82, 2.24) is 15.0 Å². The second-order valence-electron chi connectivity index (χ2n) is 4.30. The van der Waals surface area contributed by atoms with Gasteiger partial charge in [-0.3, -0.25) is 0 Å². The van der Waals surface area contributed by atoms with Gasteiger partial charge in [-0.2, -0.15) is 0 Å². The standard InChI is InChI=1S/C14H10ClN3O3/c1-21-12-6-5-8(15)7-11(12)18-10-4-2-3-9(14(19)20)13(10)16-17-18/h2-7H,1H3,(H,19,20). The molecular weight excluding hydrogens is 294 g/mol. The third-order valence-electron chi connectivity index (χ3n) is 3.08. The van der Waals surface area contributed by atoms with Crippen molar-refractivity contribution in [1.29, 1.82) is 0 Å². The quantitative estimate of drug-likeness (QED) is 0.805. The number of aromatic carboxylic acids is 1. The van der Waals surface area contributed by atoms with Gasteiger partial charge in [0.2, 0.25) is 0 Å². The summed E-state index contributed by atoms with van der Waals surface area (Å²) in [6, 6.07) is 9.96. The van der Waals surface area contributed by atoms with E-state index in [0.717, 1.165) is 0 Å². The van der Waals surface area contributed by atoms with Gasteiger partial charge in [-0.15, -0.1) is 5.10 Å². The number of carboxylic acids is 1. The Kier molecular flexibility index (Phi) is 3.23. The zero-order valence-corrected chi connectivity index (χ0v) is 11.7. The van der Waals surface area contributed by atoms with Crippen LogP contribution in [0.15, 0.2) is 36.4 Å².